The van der Waals surface area contributed by atoms with Crippen molar-refractivity contribution < 1.29 is 14.7 Å². The van der Waals surface area contributed by atoms with Crippen molar-refractivity contribution in [1.82, 2.24) is 14.6 Å². The van der Waals surface area contributed by atoms with Crippen LogP contribution in [0.3, 0.4) is 0 Å². The molecule has 2 aromatic heterocycles. The molecule has 1 aliphatic rings. The van der Waals surface area contributed by atoms with E-state index in [4.69, 9.17) is 0 Å². The van der Waals surface area contributed by atoms with Gasteiger partial charge >= 0.3 is 0 Å². The number of aliphatic hydroxyl groups is 1. The Morgan fingerprint density at radius 2 is 2.19 bits per heavy atom. The summed E-state index contributed by atoms with van der Waals surface area (Å²) in [6, 6.07) is 0. The SMILES string of the molecule is Cc1nn2c3c(nc2s1)C(=O)C(=O)C=C3O. The molecule has 3 rings (SSSR count). The summed E-state index contributed by atoms with van der Waals surface area (Å²) in [5.74, 6) is -1.73. The molecule has 0 atom stereocenters. The Morgan fingerprint density at radius 1 is 1.44 bits per heavy atom. The van der Waals surface area contributed by atoms with Gasteiger partial charge in [-0.05, 0) is 6.92 Å². The lowest BCUT2D eigenvalue weighted by Gasteiger charge is -2.05. The van der Waals surface area contributed by atoms with Crippen LogP contribution in [0.5, 0.6) is 0 Å². The molecular weight excluding hydrogens is 230 g/mol. The number of imidazole rings is 1. The van der Waals surface area contributed by atoms with E-state index in [0.717, 1.165) is 11.1 Å². The van der Waals surface area contributed by atoms with Crippen molar-refractivity contribution in [1.29, 1.82) is 0 Å². The Morgan fingerprint density at radius 3 is 2.94 bits per heavy atom. The number of carbonyl (C=O) groups is 2. The zero-order valence-corrected chi connectivity index (χ0v) is 8.91. The van der Waals surface area contributed by atoms with Gasteiger partial charge in [-0.25, -0.2) is 4.98 Å². The van der Waals surface area contributed by atoms with Crippen LogP contribution < -0.4 is 0 Å². The van der Waals surface area contributed by atoms with Crippen LogP contribution in [0.2, 0.25) is 0 Å². The predicted octanol–water partition coefficient (Wildman–Crippen LogP) is 0.764. The zero-order valence-electron chi connectivity index (χ0n) is 8.09. The van der Waals surface area contributed by atoms with Gasteiger partial charge in [0.1, 0.15) is 22.2 Å². The van der Waals surface area contributed by atoms with Crippen LogP contribution in [-0.2, 0) is 4.79 Å². The van der Waals surface area contributed by atoms with E-state index in [-0.39, 0.29) is 17.1 Å². The van der Waals surface area contributed by atoms with Gasteiger partial charge in [0.15, 0.2) is 0 Å². The van der Waals surface area contributed by atoms with Crippen molar-refractivity contribution in [2.24, 2.45) is 0 Å². The van der Waals surface area contributed by atoms with Crippen LogP contribution >= 0.6 is 11.3 Å². The topological polar surface area (TPSA) is 84.6 Å². The summed E-state index contributed by atoms with van der Waals surface area (Å²) >= 11 is 1.29. The molecule has 0 saturated carbocycles. The predicted molar refractivity (Wildman–Crippen MR) is 55.5 cm³/mol. The number of aliphatic hydroxyl groups excluding tert-OH is 1. The molecule has 7 heteroatoms. The van der Waals surface area contributed by atoms with E-state index >= 15 is 0 Å². The van der Waals surface area contributed by atoms with E-state index in [9.17, 15) is 14.7 Å². The van der Waals surface area contributed by atoms with E-state index < -0.39 is 11.6 Å². The molecule has 0 fully saturated rings. The van der Waals surface area contributed by atoms with Gasteiger partial charge in [0.2, 0.25) is 10.7 Å². The highest BCUT2D eigenvalue weighted by molar-refractivity contribution is 7.16. The number of aromatic nitrogens is 3. The summed E-state index contributed by atoms with van der Waals surface area (Å²) in [5.41, 5.74) is 0.174. The van der Waals surface area contributed by atoms with Gasteiger partial charge in [0.25, 0.3) is 5.78 Å². The molecule has 0 radical (unpaired) electrons. The Bertz CT molecular complexity index is 680. The first-order valence-electron chi connectivity index (χ1n) is 4.44. The summed E-state index contributed by atoms with van der Waals surface area (Å²) in [4.78, 5) is 27.2. The number of hydrogen-bond donors (Lipinski definition) is 1. The summed E-state index contributed by atoms with van der Waals surface area (Å²) < 4.78 is 1.38. The molecule has 0 amide bonds. The fourth-order valence-corrected chi connectivity index (χ4v) is 2.35. The number of Topliss-reactive ketones (excluding diaryl/α,β-unsaturated/α-hetero) is 1. The van der Waals surface area contributed by atoms with Crippen molar-refractivity contribution in [3.63, 3.8) is 0 Å². The number of carbonyl (C=O) groups excluding carboxylic acids is 2. The second kappa shape index (κ2) is 2.76. The third-order valence-corrected chi connectivity index (χ3v) is 3.08. The molecule has 0 unspecified atom stereocenters. The number of fused-ring (bicyclic) bond motifs is 3. The minimum Gasteiger partial charge on any atom is -0.505 e. The Balaban J connectivity index is 2.43. The monoisotopic (exact) mass is 235 g/mol. The zero-order chi connectivity index (χ0) is 11.4. The van der Waals surface area contributed by atoms with E-state index in [1.54, 1.807) is 6.92 Å². The van der Waals surface area contributed by atoms with Gasteiger partial charge in [-0.1, -0.05) is 11.3 Å². The van der Waals surface area contributed by atoms with Crippen molar-refractivity contribution in [3.05, 3.63) is 22.5 Å². The summed E-state index contributed by atoms with van der Waals surface area (Å²) in [7, 11) is 0. The fraction of sp³-hybridized carbons (Fsp3) is 0.111. The van der Waals surface area contributed by atoms with Crippen molar-refractivity contribution >= 4 is 33.6 Å². The molecule has 0 aliphatic heterocycles. The number of nitrogens with zero attached hydrogens (tertiary/aromatic N) is 3. The highest BCUT2D eigenvalue weighted by Crippen LogP contribution is 2.26. The molecule has 0 aromatic carbocycles. The molecule has 0 spiro atoms. The summed E-state index contributed by atoms with van der Waals surface area (Å²) in [6.45, 7) is 1.79. The average Bonchev–Trinajstić information content (AvgIpc) is 2.69. The van der Waals surface area contributed by atoms with E-state index in [2.05, 4.69) is 10.1 Å². The maximum Gasteiger partial charge on any atom is 0.253 e. The minimum absolute atomic E-state index is 0.0243. The summed E-state index contributed by atoms with van der Waals surface area (Å²) in [6.07, 6.45) is 0.896. The lowest BCUT2D eigenvalue weighted by molar-refractivity contribution is -0.111. The third-order valence-electron chi connectivity index (χ3n) is 2.25. The first-order chi connectivity index (χ1) is 7.58. The largest absolute Gasteiger partial charge is 0.505 e. The standard InChI is InChI=1S/C9H5N3O3S/c1-3-11-12-7-4(13)2-5(14)8(15)6(7)10-9(12)16-3/h2,13H,1H3. The van der Waals surface area contributed by atoms with Gasteiger partial charge in [-0.2, -0.15) is 9.61 Å². The van der Waals surface area contributed by atoms with Crippen molar-refractivity contribution in [2.45, 2.75) is 6.92 Å². The third kappa shape index (κ3) is 1.00. The second-order valence-corrected chi connectivity index (χ2v) is 4.51. The molecular formula is C9H5N3O3S. The first kappa shape index (κ1) is 9.22. The van der Waals surface area contributed by atoms with Crippen molar-refractivity contribution in [2.75, 3.05) is 0 Å². The lowest BCUT2D eigenvalue weighted by Crippen LogP contribution is -2.19. The van der Waals surface area contributed by atoms with E-state index in [1.165, 1.54) is 15.9 Å². The van der Waals surface area contributed by atoms with E-state index in [0.29, 0.717) is 4.96 Å². The van der Waals surface area contributed by atoms with Gasteiger partial charge in [0, 0.05) is 6.08 Å². The molecule has 2 aromatic rings. The molecule has 2 heterocycles. The highest BCUT2D eigenvalue weighted by Gasteiger charge is 2.32. The highest BCUT2D eigenvalue weighted by atomic mass is 32.1. The maximum atomic E-state index is 11.5. The van der Waals surface area contributed by atoms with E-state index in [1.807, 2.05) is 0 Å². The van der Waals surface area contributed by atoms with Gasteiger partial charge in [-0.3, -0.25) is 9.59 Å². The second-order valence-electron chi connectivity index (χ2n) is 3.35. The van der Waals surface area contributed by atoms with Crippen LogP contribution in [-0.4, -0.2) is 31.3 Å². The van der Waals surface area contributed by atoms with Crippen LogP contribution in [0.1, 0.15) is 21.2 Å². The normalized spacial score (nSPS) is 15.4. The van der Waals surface area contributed by atoms with Crippen LogP contribution in [0, 0.1) is 6.92 Å². The van der Waals surface area contributed by atoms with Crippen molar-refractivity contribution in [3.8, 4) is 0 Å². The first-order valence-corrected chi connectivity index (χ1v) is 5.25. The minimum atomic E-state index is -0.757. The number of aryl methyl sites for hydroxylation is 1. The Kier molecular flexibility index (Phi) is 1.59. The Hall–Kier alpha value is -2.02. The average molecular weight is 235 g/mol. The smallest absolute Gasteiger partial charge is 0.253 e. The fourth-order valence-electron chi connectivity index (χ4n) is 1.61. The molecule has 0 bridgehead atoms. The number of ketones is 2. The maximum absolute atomic E-state index is 11.5. The van der Waals surface area contributed by atoms with Crippen LogP contribution in [0.25, 0.3) is 10.7 Å². The molecule has 16 heavy (non-hydrogen) atoms. The van der Waals surface area contributed by atoms with Gasteiger partial charge in [-0.15, -0.1) is 0 Å². The Labute approximate surface area is 92.8 Å². The molecule has 80 valence electrons. The number of rotatable bonds is 0. The quantitative estimate of drug-likeness (QED) is 0.681. The van der Waals surface area contributed by atoms with Gasteiger partial charge in [0.05, 0.1) is 0 Å². The number of hydrogen-bond acceptors (Lipinski definition) is 6. The summed E-state index contributed by atoms with van der Waals surface area (Å²) in [5, 5.41) is 14.5. The molecule has 1 N–H and O–H groups in total. The molecule has 0 saturated heterocycles. The van der Waals surface area contributed by atoms with Crippen LogP contribution in [0.4, 0.5) is 0 Å². The lowest BCUT2D eigenvalue weighted by atomic mass is 10.0. The molecule has 1 aliphatic carbocycles. The van der Waals surface area contributed by atoms with Gasteiger partial charge < -0.3 is 5.11 Å². The molecule has 6 nitrogen and oxygen atoms in total. The van der Waals surface area contributed by atoms with Crippen LogP contribution in [0.15, 0.2) is 6.08 Å². The number of allylic oxidation sites excluding steroid dienone is 1.